The average molecular weight is 390 g/mol. The van der Waals surface area contributed by atoms with Gasteiger partial charge in [0, 0.05) is 6.07 Å². The van der Waals surface area contributed by atoms with Crippen LogP contribution in [0.2, 0.25) is 0 Å². The molecule has 1 saturated carbocycles. The van der Waals surface area contributed by atoms with Gasteiger partial charge in [-0.25, -0.2) is 9.18 Å². The molecule has 1 aromatic heterocycles. The summed E-state index contributed by atoms with van der Waals surface area (Å²) in [5.74, 6) is 0.239. The predicted molar refractivity (Wildman–Crippen MR) is 105 cm³/mol. The van der Waals surface area contributed by atoms with Crippen LogP contribution in [0, 0.1) is 12.7 Å². The number of hydrogen-bond donors (Lipinski definition) is 3. The molecule has 1 amide bonds. The van der Waals surface area contributed by atoms with Crippen LogP contribution in [0.4, 0.5) is 15.0 Å². The number of ether oxygens (including phenoxy) is 2. The first-order valence-electron chi connectivity index (χ1n) is 9.40. The van der Waals surface area contributed by atoms with Gasteiger partial charge >= 0.3 is 6.09 Å². The van der Waals surface area contributed by atoms with Gasteiger partial charge in [0.15, 0.2) is 0 Å². The quantitative estimate of drug-likeness (QED) is 0.734. The molecule has 0 unspecified atom stereocenters. The van der Waals surface area contributed by atoms with Gasteiger partial charge in [0.05, 0.1) is 17.3 Å². The minimum Gasteiger partial charge on any atom is -0.487 e. The third-order valence-electron chi connectivity index (χ3n) is 4.50. The second-order valence-electron chi connectivity index (χ2n) is 8.17. The molecule has 4 N–H and O–H groups in total. The van der Waals surface area contributed by atoms with E-state index in [1.807, 2.05) is 20.8 Å². The van der Waals surface area contributed by atoms with Crippen molar-refractivity contribution >= 4 is 11.9 Å². The van der Waals surface area contributed by atoms with Gasteiger partial charge in [-0.15, -0.1) is 0 Å². The van der Waals surface area contributed by atoms with E-state index in [2.05, 4.69) is 15.5 Å². The van der Waals surface area contributed by atoms with Gasteiger partial charge in [-0.2, -0.15) is 5.10 Å². The van der Waals surface area contributed by atoms with Gasteiger partial charge in [0.2, 0.25) is 0 Å². The van der Waals surface area contributed by atoms with Crippen molar-refractivity contribution in [2.45, 2.75) is 64.7 Å². The molecule has 1 aliphatic rings. The highest BCUT2D eigenvalue weighted by Crippen LogP contribution is 2.36. The highest BCUT2D eigenvalue weighted by molar-refractivity contribution is 5.70. The molecule has 8 heteroatoms. The fourth-order valence-corrected chi connectivity index (χ4v) is 3.38. The molecule has 152 valence electrons. The molecule has 2 atom stereocenters. The van der Waals surface area contributed by atoms with Gasteiger partial charge in [-0.05, 0) is 64.7 Å². The van der Waals surface area contributed by atoms with Crippen LogP contribution in [0.15, 0.2) is 18.2 Å². The molecule has 1 aliphatic carbocycles. The second-order valence-corrected chi connectivity index (χ2v) is 8.17. The Morgan fingerprint density at radius 2 is 2.07 bits per heavy atom. The van der Waals surface area contributed by atoms with E-state index in [1.165, 1.54) is 6.07 Å². The summed E-state index contributed by atoms with van der Waals surface area (Å²) < 4.78 is 26.2. The Labute approximate surface area is 163 Å². The van der Waals surface area contributed by atoms with Crippen molar-refractivity contribution in [1.82, 2.24) is 15.5 Å². The molecular weight excluding hydrogens is 363 g/mol. The summed E-state index contributed by atoms with van der Waals surface area (Å²) in [5, 5.41) is 9.48. The molecule has 0 aliphatic heterocycles. The molecular formula is C20H27FN4O3. The number of carbonyl (C=O) groups is 1. The van der Waals surface area contributed by atoms with E-state index in [1.54, 1.807) is 19.1 Å². The molecule has 0 radical (unpaired) electrons. The monoisotopic (exact) mass is 390 g/mol. The van der Waals surface area contributed by atoms with Crippen molar-refractivity contribution < 1.29 is 18.7 Å². The number of halogens is 1. The van der Waals surface area contributed by atoms with Crippen LogP contribution >= 0.6 is 0 Å². The zero-order valence-corrected chi connectivity index (χ0v) is 16.6. The number of aromatic amines is 1. The van der Waals surface area contributed by atoms with Crippen LogP contribution in [0.3, 0.4) is 0 Å². The van der Waals surface area contributed by atoms with Crippen LogP contribution in [0.25, 0.3) is 11.3 Å². The zero-order chi connectivity index (χ0) is 20.5. The third kappa shape index (κ3) is 4.74. The smallest absolute Gasteiger partial charge is 0.408 e. The number of nitrogens with one attached hydrogen (secondary N) is 2. The van der Waals surface area contributed by atoms with E-state index in [0.717, 1.165) is 24.8 Å². The Hall–Kier alpha value is -2.77. The maximum Gasteiger partial charge on any atom is 0.408 e. The standard InChI is InChI=1S/C20H27FN4O3/c1-11-8-12(21)18(14-10-17(22)25-24-14)16(9-11)27-15-7-5-6-13(15)23-19(26)28-20(2,3)4/h8-10,13,15H,5-7H2,1-4H3,(H,23,26)(H3,22,24,25)/t13-,15-/m1/s1. The lowest BCUT2D eigenvalue weighted by Gasteiger charge is -2.26. The molecule has 0 bridgehead atoms. The SMILES string of the molecule is Cc1cc(F)c(-c2cc(N)n[nH]2)c(O[C@@H]2CCC[C@H]2NC(=O)OC(C)(C)C)c1. The number of nitrogen functional groups attached to an aromatic ring is 1. The number of benzene rings is 1. The number of hydrogen-bond acceptors (Lipinski definition) is 5. The molecule has 28 heavy (non-hydrogen) atoms. The minimum atomic E-state index is -0.577. The number of nitrogens with zero attached hydrogens (tertiary/aromatic N) is 1. The van der Waals surface area contributed by atoms with E-state index in [4.69, 9.17) is 15.2 Å². The zero-order valence-electron chi connectivity index (χ0n) is 16.6. The minimum absolute atomic E-state index is 0.210. The van der Waals surface area contributed by atoms with Gasteiger partial charge < -0.3 is 20.5 Å². The summed E-state index contributed by atoms with van der Waals surface area (Å²) >= 11 is 0. The summed E-state index contributed by atoms with van der Waals surface area (Å²) in [7, 11) is 0. The van der Waals surface area contributed by atoms with Crippen molar-refractivity contribution in [3.05, 3.63) is 29.6 Å². The number of anilines is 1. The third-order valence-corrected chi connectivity index (χ3v) is 4.50. The van der Waals surface area contributed by atoms with Crippen LogP contribution < -0.4 is 15.8 Å². The summed E-state index contributed by atoms with van der Waals surface area (Å²) in [6.07, 6.45) is 1.65. The van der Waals surface area contributed by atoms with Gasteiger partial charge in [0.25, 0.3) is 0 Å². The van der Waals surface area contributed by atoms with Gasteiger partial charge in [-0.1, -0.05) is 0 Å². The topological polar surface area (TPSA) is 102 Å². The van der Waals surface area contributed by atoms with E-state index in [9.17, 15) is 9.18 Å². The van der Waals surface area contributed by atoms with Crippen LogP contribution in [0.5, 0.6) is 5.75 Å². The lowest BCUT2D eigenvalue weighted by molar-refractivity contribution is 0.0464. The molecule has 1 aromatic carbocycles. The predicted octanol–water partition coefficient (Wildman–Crippen LogP) is 3.93. The van der Waals surface area contributed by atoms with E-state index in [0.29, 0.717) is 11.4 Å². The van der Waals surface area contributed by atoms with Gasteiger partial charge in [0.1, 0.15) is 29.1 Å². The Kier molecular flexibility index (Phi) is 5.49. The van der Waals surface area contributed by atoms with Crippen LogP contribution in [0.1, 0.15) is 45.6 Å². The summed E-state index contributed by atoms with van der Waals surface area (Å²) in [5.41, 5.74) is 6.55. The number of rotatable bonds is 4. The molecule has 0 saturated heterocycles. The first-order chi connectivity index (χ1) is 13.1. The Balaban J connectivity index is 1.81. The molecule has 0 spiro atoms. The van der Waals surface area contributed by atoms with Crippen LogP contribution in [-0.2, 0) is 4.74 Å². The van der Waals surface area contributed by atoms with E-state index in [-0.39, 0.29) is 23.5 Å². The lowest BCUT2D eigenvalue weighted by atomic mass is 10.1. The number of aryl methyl sites for hydroxylation is 1. The Morgan fingerprint density at radius 3 is 2.71 bits per heavy atom. The lowest BCUT2D eigenvalue weighted by Crippen LogP contribution is -2.44. The van der Waals surface area contributed by atoms with E-state index >= 15 is 0 Å². The average Bonchev–Trinajstić information content (AvgIpc) is 3.14. The largest absolute Gasteiger partial charge is 0.487 e. The number of aromatic nitrogens is 2. The molecule has 7 nitrogen and oxygen atoms in total. The highest BCUT2D eigenvalue weighted by atomic mass is 19.1. The molecule has 2 aromatic rings. The maximum atomic E-state index is 14.7. The highest BCUT2D eigenvalue weighted by Gasteiger charge is 2.33. The van der Waals surface area contributed by atoms with Crippen molar-refractivity contribution in [2.24, 2.45) is 0 Å². The number of nitrogens with two attached hydrogens (primary N) is 1. The summed E-state index contributed by atoms with van der Waals surface area (Å²) in [4.78, 5) is 12.1. The molecule has 3 rings (SSSR count). The first-order valence-corrected chi connectivity index (χ1v) is 9.40. The van der Waals surface area contributed by atoms with Crippen molar-refractivity contribution in [1.29, 1.82) is 0 Å². The molecule has 1 fully saturated rings. The summed E-state index contributed by atoms with van der Waals surface area (Å²) in [6, 6.07) is 4.56. The van der Waals surface area contributed by atoms with Crippen LogP contribution in [-0.4, -0.2) is 34.0 Å². The maximum absolute atomic E-state index is 14.7. The fourth-order valence-electron chi connectivity index (χ4n) is 3.38. The number of H-pyrrole nitrogens is 1. The normalized spacial score (nSPS) is 19.5. The number of amides is 1. The Bertz CT molecular complexity index is 860. The second kappa shape index (κ2) is 7.69. The summed E-state index contributed by atoms with van der Waals surface area (Å²) in [6.45, 7) is 7.24. The van der Waals surface area contributed by atoms with E-state index < -0.39 is 17.5 Å². The number of carbonyl (C=O) groups excluding carboxylic acids is 1. The number of alkyl carbamates (subject to hydrolysis) is 1. The van der Waals surface area contributed by atoms with Crippen molar-refractivity contribution in [3.63, 3.8) is 0 Å². The fraction of sp³-hybridized carbons (Fsp3) is 0.500. The van der Waals surface area contributed by atoms with Crippen molar-refractivity contribution in [3.8, 4) is 17.0 Å². The van der Waals surface area contributed by atoms with Crippen molar-refractivity contribution in [2.75, 3.05) is 5.73 Å². The Morgan fingerprint density at radius 1 is 1.32 bits per heavy atom. The first kappa shape index (κ1) is 20.0. The molecule has 1 heterocycles. The van der Waals surface area contributed by atoms with Gasteiger partial charge in [-0.3, -0.25) is 5.10 Å².